The van der Waals surface area contributed by atoms with Crippen LogP contribution in [0.15, 0.2) is 60.9 Å². The minimum atomic E-state index is -4.42. The van der Waals surface area contributed by atoms with Crippen LogP contribution in [0, 0.1) is 11.3 Å². The third-order valence-corrected chi connectivity index (χ3v) is 5.85. The molecule has 1 fully saturated rings. The van der Waals surface area contributed by atoms with E-state index >= 15 is 0 Å². The Kier molecular flexibility index (Phi) is 6.98. The fraction of sp³-hybridized carbons (Fsp3) is 0.280. The van der Waals surface area contributed by atoms with Crippen LogP contribution >= 0.6 is 0 Å². The molecule has 0 bridgehead atoms. The first-order valence-corrected chi connectivity index (χ1v) is 11.1. The third-order valence-electron chi connectivity index (χ3n) is 5.85. The Morgan fingerprint density at radius 1 is 1.14 bits per heavy atom. The second-order valence-corrected chi connectivity index (χ2v) is 8.61. The maximum absolute atomic E-state index is 13.5. The molecule has 12 heteroatoms. The number of aromatic nitrogens is 2. The van der Waals surface area contributed by atoms with Crippen molar-refractivity contribution in [1.29, 1.82) is 5.26 Å². The van der Waals surface area contributed by atoms with Gasteiger partial charge in [0.1, 0.15) is 6.04 Å². The minimum absolute atomic E-state index is 0.135. The first-order chi connectivity index (χ1) is 17.4. The van der Waals surface area contributed by atoms with Crippen LogP contribution in [0.25, 0.3) is 11.1 Å². The molecule has 7 nitrogen and oxygen atoms in total. The van der Waals surface area contributed by atoms with E-state index in [-0.39, 0.29) is 12.1 Å². The second kappa shape index (κ2) is 10.0. The van der Waals surface area contributed by atoms with E-state index < -0.39 is 55.0 Å². The van der Waals surface area contributed by atoms with Crippen molar-refractivity contribution in [2.75, 3.05) is 13.1 Å². The Morgan fingerprint density at radius 2 is 1.86 bits per heavy atom. The predicted octanol–water partition coefficient (Wildman–Crippen LogP) is 4.11. The SMILES string of the molecule is N#C[C@@H]1CC(F)(F)CN1C(=O)CNC(=O)c1cnn(Cc2cccc(-c3ccc(C(F)(F)F)cc3)c2)c1. The third kappa shape index (κ3) is 6.11. The molecular weight excluding hydrogens is 497 g/mol. The highest BCUT2D eigenvalue weighted by molar-refractivity contribution is 5.96. The lowest BCUT2D eigenvalue weighted by Gasteiger charge is -2.19. The van der Waals surface area contributed by atoms with Gasteiger partial charge in [0.25, 0.3) is 11.8 Å². The van der Waals surface area contributed by atoms with Gasteiger partial charge in [-0.2, -0.15) is 23.5 Å². The molecule has 2 heterocycles. The van der Waals surface area contributed by atoms with E-state index in [0.29, 0.717) is 11.1 Å². The molecule has 1 aliphatic heterocycles. The maximum Gasteiger partial charge on any atom is 0.416 e. The highest BCUT2D eigenvalue weighted by Gasteiger charge is 2.47. The van der Waals surface area contributed by atoms with E-state index in [1.165, 1.54) is 29.2 Å². The highest BCUT2D eigenvalue weighted by Crippen LogP contribution is 2.32. The molecule has 0 aliphatic carbocycles. The summed E-state index contributed by atoms with van der Waals surface area (Å²) in [6.07, 6.45) is -2.44. The molecule has 0 spiro atoms. The molecule has 0 radical (unpaired) electrons. The number of likely N-dealkylation sites (tertiary alicyclic amines) is 1. The molecule has 192 valence electrons. The van der Waals surface area contributed by atoms with Crippen LogP contribution in [0.5, 0.6) is 0 Å². The van der Waals surface area contributed by atoms with Gasteiger partial charge in [-0.1, -0.05) is 30.3 Å². The summed E-state index contributed by atoms with van der Waals surface area (Å²) in [4.78, 5) is 25.4. The topological polar surface area (TPSA) is 91.0 Å². The molecule has 1 saturated heterocycles. The maximum atomic E-state index is 13.5. The van der Waals surface area contributed by atoms with Gasteiger partial charge in [-0.05, 0) is 34.9 Å². The molecule has 1 aromatic heterocycles. The zero-order chi connectivity index (χ0) is 26.8. The normalized spacial score (nSPS) is 16.9. The molecule has 3 aromatic rings. The van der Waals surface area contributed by atoms with Crippen molar-refractivity contribution in [1.82, 2.24) is 20.0 Å². The fourth-order valence-electron chi connectivity index (χ4n) is 4.01. The van der Waals surface area contributed by atoms with Gasteiger partial charge in [0.2, 0.25) is 5.91 Å². The molecule has 0 unspecified atom stereocenters. The number of amides is 2. The number of rotatable bonds is 6. The molecule has 2 amide bonds. The number of nitrogens with zero attached hydrogens (tertiary/aromatic N) is 4. The van der Waals surface area contributed by atoms with Gasteiger partial charge in [-0.15, -0.1) is 0 Å². The first-order valence-electron chi connectivity index (χ1n) is 11.1. The largest absolute Gasteiger partial charge is 0.416 e. The number of carbonyl (C=O) groups excluding carboxylic acids is 2. The fourth-order valence-corrected chi connectivity index (χ4v) is 4.01. The lowest BCUT2D eigenvalue weighted by Crippen LogP contribution is -2.42. The number of hydrogen-bond donors (Lipinski definition) is 1. The second-order valence-electron chi connectivity index (χ2n) is 8.61. The summed E-state index contributed by atoms with van der Waals surface area (Å²) in [5.41, 5.74) is 1.49. The summed E-state index contributed by atoms with van der Waals surface area (Å²) in [5.74, 6) is -4.58. The molecule has 1 aliphatic rings. The summed E-state index contributed by atoms with van der Waals surface area (Å²) >= 11 is 0. The number of carbonyl (C=O) groups is 2. The molecule has 4 rings (SSSR count). The number of nitriles is 1. The minimum Gasteiger partial charge on any atom is -0.343 e. The molecule has 1 N–H and O–H groups in total. The molecular formula is C25H20F5N5O2. The van der Waals surface area contributed by atoms with Gasteiger partial charge in [-0.25, -0.2) is 8.78 Å². The average molecular weight is 517 g/mol. The average Bonchev–Trinajstić information content (AvgIpc) is 3.45. The molecule has 37 heavy (non-hydrogen) atoms. The van der Waals surface area contributed by atoms with Crippen LogP contribution in [0.4, 0.5) is 22.0 Å². The number of hydrogen-bond acceptors (Lipinski definition) is 4. The van der Waals surface area contributed by atoms with Gasteiger partial charge in [-0.3, -0.25) is 14.3 Å². The van der Waals surface area contributed by atoms with Crippen molar-refractivity contribution in [3.05, 3.63) is 77.6 Å². The van der Waals surface area contributed by atoms with Crippen molar-refractivity contribution in [3.63, 3.8) is 0 Å². The molecule has 2 aromatic carbocycles. The Balaban J connectivity index is 1.36. The van der Waals surface area contributed by atoms with E-state index in [4.69, 9.17) is 5.26 Å². The van der Waals surface area contributed by atoms with E-state index in [9.17, 15) is 31.5 Å². The van der Waals surface area contributed by atoms with Crippen LogP contribution in [-0.2, 0) is 17.5 Å². The van der Waals surface area contributed by atoms with E-state index in [1.54, 1.807) is 30.3 Å². The summed E-state index contributed by atoms with van der Waals surface area (Å²) in [6.45, 7) is -1.16. The van der Waals surface area contributed by atoms with Crippen molar-refractivity contribution in [2.45, 2.75) is 31.1 Å². The Morgan fingerprint density at radius 3 is 2.54 bits per heavy atom. The Labute approximate surface area is 208 Å². The van der Waals surface area contributed by atoms with Crippen LogP contribution in [0.2, 0.25) is 0 Å². The highest BCUT2D eigenvalue weighted by atomic mass is 19.4. The van der Waals surface area contributed by atoms with Crippen LogP contribution in [0.3, 0.4) is 0 Å². The zero-order valence-corrected chi connectivity index (χ0v) is 19.2. The monoisotopic (exact) mass is 517 g/mol. The number of alkyl halides is 5. The quantitative estimate of drug-likeness (QED) is 0.499. The predicted molar refractivity (Wildman–Crippen MR) is 121 cm³/mol. The van der Waals surface area contributed by atoms with Crippen molar-refractivity contribution >= 4 is 11.8 Å². The number of halogens is 5. The molecule has 1 atom stereocenters. The lowest BCUT2D eigenvalue weighted by molar-refractivity contribution is -0.137. The first kappa shape index (κ1) is 25.8. The van der Waals surface area contributed by atoms with Gasteiger partial charge in [0.05, 0.1) is 43.0 Å². The van der Waals surface area contributed by atoms with E-state index in [0.717, 1.165) is 22.6 Å². The smallest absolute Gasteiger partial charge is 0.343 e. The standard InChI is InChI=1S/C25H20F5N5O2/c26-24(27)9-21(10-31)35(15-24)22(36)12-32-23(37)19-11-33-34(14-19)13-16-2-1-3-18(8-16)17-4-6-20(7-5-17)25(28,29)30/h1-8,11,14,21H,9,12-13,15H2,(H,32,37)/t21-/m0/s1. The van der Waals surface area contributed by atoms with Crippen molar-refractivity contribution < 1.29 is 31.5 Å². The van der Waals surface area contributed by atoms with E-state index in [2.05, 4.69) is 10.4 Å². The van der Waals surface area contributed by atoms with Crippen molar-refractivity contribution in [3.8, 4) is 17.2 Å². The van der Waals surface area contributed by atoms with Gasteiger partial charge in [0, 0.05) is 12.6 Å². The zero-order valence-electron chi connectivity index (χ0n) is 19.2. The van der Waals surface area contributed by atoms with Crippen molar-refractivity contribution in [2.24, 2.45) is 0 Å². The van der Waals surface area contributed by atoms with E-state index in [1.807, 2.05) is 0 Å². The van der Waals surface area contributed by atoms with Gasteiger partial charge in [0.15, 0.2) is 0 Å². The summed E-state index contributed by atoms with van der Waals surface area (Å²) in [6, 6.07) is 12.3. The lowest BCUT2D eigenvalue weighted by atomic mass is 10.0. The Bertz CT molecular complexity index is 1340. The summed E-state index contributed by atoms with van der Waals surface area (Å²) in [7, 11) is 0. The van der Waals surface area contributed by atoms with Crippen LogP contribution in [0.1, 0.15) is 27.9 Å². The van der Waals surface area contributed by atoms with Crippen LogP contribution in [-0.4, -0.2) is 51.5 Å². The summed E-state index contributed by atoms with van der Waals surface area (Å²) < 4.78 is 67.0. The number of benzene rings is 2. The Hall–Kier alpha value is -4.27. The molecule has 0 saturated carbocycles. The van der Waals surface area contributed by atoms with Gasteiger partial charge < -0.3 is 10.2 Å². The summed E-state index contributed by atoms with van der Waals surface area (Å²) in [5, 5.41) is 15.5. The van der Waals surface area contributed by atoms with Gasteiger partial charge >= 0.3 is 6.18 Å². The van der Waals surface area contributed by atoms with Crippen LogP contribution < -0.4 is 5.32 Å². The number of nitrogens with one attached hydrogen (secondary N) is 1.